The van der Waals surface area contributed by atoms with Crippen molar-refractivity contribution in [3.63, 3.8) is 0 Å². The summed E-state index contributed by atoms with van der Waals surface area (Å²) in [6.07, 6.45) is 2.32. The Balaban J connectivity index is 1.71. The second-order valence-electron chi connectivity index (χ2n) is 5.15. The van der Waals surface area contributed by atoms with Crippen molar-refractivity contribution in [2.75, 3.05) is 25.6 Å². The maximum absolute atomic E-state index is 12.4. The second-order valence-corrected chi connectivity index (χ2v) is 6.41. The molecule has 1 aromatic rings. The number of esters is 1. The van der Waals surface area contributed by atoms with Crippen LogP contribution in [-0.2, 0) is 14.2 Å². The van der Waals surface area contributed by atoms with Crippen LogP contribution in [0.25, 0.3) is 0 Å². The highest BCUT2D eigenvalue weighted by Crippen LogP contribution is 2.30. The average molecular weight is 309 g/mol. The average Bonchev–Trinajstić information content (AvgIpc) is 2.98. The molecule has 5 nitrogen and oxygen atoms in total. The molecule has 2 saturated heterocycles. The van der Waals surface area contributed by atoms with Gasteiger partial charge in [-0.1, -0.05) is 6.92 Å². The fourth-order valence-corrected chi connectivity index (χ4v) is 3.49. The molecule has 1 unspecified atom stereocenters. The lowest BCUT2D eigenvalue weighted by Crippen LogP contribution is -2.44. The number of fused-ring (bicyclic) bond motifs is 1. The maximum Gasteiger partial charge on any atom is 0.341 e. The molecule has 1 aromatic heterocycles. The van der Waals surface area contributed by atoms with Gasteiger partial charge in [0.15, 0.2) is 6.10 Å². The van der Waals surface area contributed by atoms with E-state index in [1.807, 2.05) is 6.92 Å². The van der Waals surface area contributed by atoms with E-state index in [0.717, 1.165) is 18.8 Å². The van der Waals surface area contributed by atoms with Crippen molar-refractivity contribution in [3.8, 4) is 0 Å². The Hall–Kier alpha value is -1.11. The van der Waals surface area contributed by atoms with Crippen molar-refractivity contribution < 1.29 is 19.0 Å². The van der Waals surface area contributed by atoms with Gasteiger partial charge < -0.3 is 14.2 Å². The van der Waals surface area contributed by atoms with Gasteiger partial charge >= 0.3 is 5.97 Å². The van der Waals surface area contributed by atoms with Crippen LogP contribution < -0.4 is 0 Å². The van der Waals surface area contributed by atoms with Crippen molar-refractivity contribution >= 4 is 17.7 Å². The molecule has 2 aliphatic rings. The number of hydrogen-bond acceptors (Lipinski definition) is 6. The SMILES string of the molecule is CCSc1ncccc1C(=O)OC1COC[C@@H]2CCO[C@H]12. The van der Waals surface area contributed by atoms with Gasteiger partial charge in [-0.05, 0) is 24.3 Å². The summed E-state index contributed by atoms with van der Waals surface area (Å²) in [4.78, 5) is 16.7. The smallest absolute Gasteiger partial charge is 0.341 e. The predicted octanol–water partition coefficient (Wildman–Crippen LogP) is 2.15. The summed E-state index contributed by atoms with van der Waals surface area (Å²) in [6.45, 7) is 3.85. The van der Waals surface area contributed by atoms with Crippen LogP contribution in [0.15, 0.2) is 23.4 Å². The number of pyridine rings is 1. The third-order valence-corrected chi connectivity index (χ3v) is 4.66. The number of hydrogen-bond donors (Lipinski definition) is 0. The molecule has 0 amide bonds. The van der Waals surface area contributed by atoms with E-state index in [1.54, 1.807) is 18.3 Å². The van der Waals surface area contributed by atoms with Crippen LogP contribution in [0.2, 0.25) is 0 Å². The number of thioether (sulfide) groups is 1. The molecule has 0 radical (unpaired) electrons. The van der Waals surface area contributed by atoms with Gasteiger partial charge in [0, 0.05) is 18.7 Å². The molecule has 0 spiro atoms. The van der Waals surface area contributed by atoms with Crippen LogP contribution in [-0.4, -0.2) is 48.7 Å². The van der Waals surface area contributed by atoms with Crippen LogP contribution >= 0.6 is 11.8 Å². The zero-order valence-corrected chi connectivity index (χ0v) is 12.8. The Bertz CT molecular complexity index is 510. The zero-order chi connectivity index (χ0) is 14.7. The molecular formula is C15H19NO4S. The lowest BCUT2D eigenvalue weighted by atomic mass is 9.96. The van der Waals surface area contributed by atoms with Crippen LogP contribution in [0.1, 0.15) is 23.7 Å². The molecule has 0 aliphatic carbocycles. The van der Waals surface area contributed by atoms with E-state index in [9.17, 15) is 4.79 Å². The Morgan fingerprint density at radius 2 is 2.43 bits per heavy atom. The molecule has 0 saturated carbocycles. The van der Waals surface area contributed by atoms with Crippen molar-refractivity contribution in [3.05, 3.63) is 23.9 Å². The predicted molar refractivity (Wildman–Crippen MR) is 78.5 cm³/mol. The minimum atomic E-state index is -0.344. The molecular weight excluding hydrogens is 290 g/mol. The molecule has 6 heteroatoms. The van der Waals surface area contributed by atoms with Crippen LogP contribution in [0, 0.1) is 5.92 Å². The minimum absolute atomic E-state index is 0.0263. The Morgan fingerprint density at radius 3 is 3.29 bits per heavy atom. The summed E-state index contributed by atoms with van der Waals surface area (Å²) in [5.41, 5.74) is 0.518. The molecule has 2 fully saturated rings. The first-order valence-corrected chi connectivity index (χ1v) is 8.26. The van der Waals surface area contributed by atoms with Crippen molar-refractivity contribution in [2.45, 2.75) is 30.6 Å². The van der Waals surface area contributed by atoms with Gasteiger partial charge in [0.1, 0.15) is 11.1 Å². The molecule has 0 N–H and O–H groups in total. The number of aromatic nitrogens is 1. The molecule has 3 atom stereocenters. The zero-order valence-electron chi connectivity index (χ0n) is 12.0. The lowest BCUT2D eigenvalue weighted by molar-refractivity contribution is -0.115. The highest BCUT2D eigenvalue weighted by Gasteiger charge is 2.41. The molecule has 0 bridgehead atoms. The lowest BCUT2D eigenvalue weighted by Gasteiger charge is -2.32. The molecule has 0 aromatic carbocycles. The third-order valence-electron chi connectivity index (χ3n) is 3.77. The first-order valence-electron chi connectivity index (χ1n) is 7.27. The van der Waals surface area contributed by atoms with Gasteiger partial charge in [0.2, 0.25) is 0 Å². The fourth-order valence-electron chi connectivity index (χ4n) is 2.78. The normalized spacial score (nSPS) is 28.1. The number of carbonyl (C=O) groups excluding carboxylic acids is 1. The number of nitrogens with zero attached hydrogens (tertiary/aromatic N) is 1. The van der Waals surface area contributed by atoms with Gasteiger partial charge in [0.25, 0.3) is 0 Å². The molecule has 3 rings (SSSR count). The van der Waals surface area contributed by atoms with Gasteiger partial charge in [-0.2, -0.15) is 0 Å². The number of rotatable bonds is 4. The van der Waals surface area contributed by atoms with Crippen molar-refractivity contribution in [1.82, 2.24) is 4.98 Å². The minimum Gasteiger partial charge on any atom is -0.453 e. The van der Waals surface area contributed by atoms with Crippen LogP contribution in [0.5, 0.6) is 0 Å². The largest absolute Gasteiger partial charge is 0.453 e. The summed E-state index contributed by atoms with van der Waals surface area (Å²) < 4.78 is 16.9. The number of ether oxygens (including phenoxy) is 3. The van der Waals surface area contributed by atoms with Crippen molar-refractivity contribution in [1.29, 1.82) is 0 Å². The topological polar surface area (TPSA) is 57.7 Å². The third kappa shape index (κ3) is 3.22. The maximum atomic E-state index is 12.4. The molecule has 114 valence electrons. The molecule has 3 heterocycles. The summed E-state index contributed by atoms with van der Waals surface area (Å²) >= 11 is 1.54. The highest BCUT2D eigenvalue weighted by molar-refractivity contribution is 7.99. The van der Waals surface area contributed by atoms with E-state index in [2.05, 4.69) is 4.98 Å². The standard InChI is InChI=1S/C15H19NO4S/c1-2-21-14-11(4-3-6-16-14)15(17)20-12-9-18-8-10-5-7-19-13(10)12/h3-4,6,10,12-13H,2,5,7-9H2,1H3/t10-,12?,13-/m0/s1. The fraction of sp³-hybridized carbons (Fsp3) is 0.600. The quantitative estimate of drug-likeness (QED) is 0.627. The summed E-state index contributed by atoms with van der Waals surface area (Å²) in [5, 5.41) is 0.714. The van der Waals surface area contributed by atoms with Gasteiger partial charge in [-0.25, -0.2) is 9.78 Å². The Kier molecular flexibility index (Phi) is 4.77. The van der Waals surface area contributed by atoms with Gasteiger partial charge in [-0.3, -0.25) is 0 Å². The number of carbonyl (C=O) groups is 1. The summed E-state index contributed by atoms with van der Waals surface area (Å²) in [7, 11) is 0. The Morgan fingerprint density at radius 1 is 1.52 bits per heavy atom. The summed E-state index contributed by atoms with van der Waals surface area (Å²) in [6, 6.07) is 3.51. The van der Waals surface area contributed by atoms with E-state index in [0.29, 0.717) is 29.7 Å². The summed E-state index contributed by atoms with van der Waals surface area (Å²) in [5.74, 6) is 0.858. The first kappa shape index (κ1) is 14.8. The molecule has 21 heavy (non-hydrogen) atoms. The Labute approximate surface area is 128 Å². The van der Waals surface area contributed by atoms with E-state index >= 15 is 0 Å². The van der Waals surface area contributed by atoms with E-state index in [-0.39, 0.29) is 18.2 Å². The van der Waals surface area contributed by atoms with Crippen LogP contribution in [0.3, 0.4) is 0 Å². The van der Waals surface area contributed by atoms with Gasteiger partial charge in [0.05, 0.1) is 18.8 Å². The van der Waals surface area contributed by atoms with Crippen LogP contribution in [0.4, 0.5) is 0 Å². The monoisotopic (exact) mass is 309 g/mol. The van der Waals surface area contributed by atoms with Crippen molar-refractivity contribution in [2.24, 2.45) is 5.92 Å². The highest BCUT2D eigenvalue weighted by atomic mass is 32.2. The molecule has 2 aliphatic heterocycles. The van der Waals surface area contributed by atoms with E-state index in [1.165, 1.54) is 11.8 Å². The van der Waals surface area contributed by atoms with E-state index in [4.69, 9.17) is 14.2 Å². The first-order chi connectivity index (χ1) is 10.3. The van der Waals surface area contributed by atoms with Gasteiger partial charge in [-0.15, -0.1) is 11.8 Å². The van der Waals surface area contributed by atoms with E-state index < -0.39 is 0 Å². The second kappa shape index (κ2) is 6.77.